The molecule has 3 nitrogen and oxygen atoms in total. The van der Waals surface area contributed by atoms with Crippen molar-refractivity contribution in [3.05, 3.63) is 29.7 Å². The monoisotopic (exact) mass is 299 g/mol. The summed E-state index contributed by atoms with van der Waals surface area (Å²) in [4.78, 5) is 4.98. The molecular formula is C19H29N3. The van der Waals surface area contributed by atoms with Crippen LogP contribution in [0.1, 0.15) is 64.3 Å². The molecule has 0 aliphatic heterocycles. The predicted molar refractivity (Wildman–Crippen MR) is 93.7 cm³/mol. The molecule has 1 aliphatic rings. The minimum Gasteiger partial charge on any atom is -0.388 e. The molecule has 0 aromatic carbocycles. The molecule has 1 saturated carbocycles. The summed E-state index contributed by atoms with van der Waals surface area (Å²) in [5, 5.41) is 3.21. The molecule has 1 aliphatic carbocycles. The fraction of sp³-hybridized carbons (Fsp3) is 0.632. The SMILES string of the molecule is CNc1ccn2c(CC3CCCCC3)c(C(C)(C)C)nc2c1. The molecule has 0 radical (unpaired) electrons. The first-order valence-corrected chi connectivity index (χ1v) is 8.68. The molecule has 1 N–H and O–H groups in total. The lowest BCUT2D eigenvalue weighted by Gasteiger charge is -2.24. The number of fused-ring (bicyclic) bond motifs is 1. The van der Waals surface area contributed by atoms with Crippen molar-refractivity contribution in [2.24, 2.45) is 5.92 Å². The van der Waals surface area contributed by atoms with Crippen LogP contribution in [0.2, 0.25) is 0 Å². The predicted octanol–water partition coefficient (Wildman–Crippen LogP) is 4.80. The van der Waals surface area contributed by atoms with E-state index in [2.05, 4.69) is 48.8 Å². The lowest BCUT2D eigenvalue weighted by molar-refractivity contribution is 0.351. The Kier molecular flexibility index (Phi) is 4.16. The van der Waals surface area contributed by atoms with Gasteiger partial charge in [-0.3, -0.25) is 0 Å². The molecule has 3 rings (SSSR count). The molecule has 0 spiro atoms. The lowest BCUT2D eigenvalue weighted by atomic mass is 9.83. The molecule has 2 heterocycles. The molecule has 22 heavy (non-hydrogen) atoms. The molecule has 120 valence electrons. The van der Waals surface area contributed by atoms with Gasteiger partial charge in [0.05, 0.1) is 5.69 Å². The second-order valence-electron chi connectivity index (χ2n) is 7.76. The Bertz CT molecular complexity index is 642. The Morgan fingerprint density at radius 1 is 1.23 bits per heavy atom. The lowest BCUT2D eigenvalue weighted by Crippen LogP contribution is -2.18. The van der Waals surface area contributed by atoms with Crippen molar-refractivity contribution in [1.82, 2.24) is 9.38 Å². The van der Waals surface area contributed by atoms with Crippen LogP contribution in [-0.2, 0) is 11.8 Å². The fourth-order valence-corrected chi connectivity index (χ4v) is 3.71. The van der Waals surface area contributed by atoms with Crippen molar-refractivity contribution in [2.75, 3.05) is 12.4 Å². The zero-order valence-electron chi connectivity index (χ0n) is 14.4. The van der Waals surface area contributed by atoms with Crippen LogP contribution in [0.25, 0.3) is 5.65 Å². The number of nitrogens with zero attached hydrogens (tertiary/aromatic N) is 2. The van der Waals surface area contributed by atoms with Crippen molar-refractivity contribution in [2.45, 2.75) is 64.7 Å². The van der Waals surface area contributed by atoms with E-state index in [1.165, 1.54) is 49.9 Å². The van der Waals surface area contributed by atoms with Crippen LogP contribution < -0.4 is 5.32 Å². The number of imidazole rings is 1. The Morgan fingerprint density at radius 2 is 1.95 bits per heavy atom. The number of hydrogen-bond acceptors (Lipinski definition) is 2. The van der Waals surface area contributed by atoms with Gasteiger partial charge in [-0.05, 0) is 18.4 Å². The van der Waals surface area contributed by atoms with Gasteiger partial charge >= 0.3 is 0 Å². The van der Waals surface area contributed by atoms with E-state index in [4.69, 9.17) is 4.98 Å². The van der Waals surface area contributed by atoms with Crippen LogP contribution in [0.15, 0.2) is 18.3 Å². The first kappa shape index (κ1) is 15.4. The topological polar surface area (TPSA) is 29.3 Å². The molecule has 0 bridgehead atoms. The summed E-state index contributed by atoms with van der Waals surface area (Å²) in [6.07, 6.45) is 10.3. The minimum atomic E-state index is 0.0931. The average Bonchev–Trinajstić information content (AvgIpc) is 2.86. The summed E-state index contributed by atoms with van der Waals surface area (Å²) in [6.45, 7) is 6.83. The van der Waals surface area contributed by atoms with Gasteiger partial charge in [0.15, 0.2) is 0 Å². The molecule has 2 aromatic rings. The normalized spacial score (nSPS) is 17.1. The average molecular weight is 299 g/mol. The van der Waals surface area contributed by atoms with Crippen molar-refractivity contribution in [3.8, 4) is 0 Å². The van der Waals surface area contributed by atoms with E-state index >= 15 is 0 Å². The van der Waals surface area contributed by atoms with Crippen LogP contribution in [0, 0.1) is 5.92 Å². The van der Waals surface area contributed by atoms with Crippen LogP contribution in [0.3, 0.4) is 0 Å². The van der Waals surface area contributed by atoms with E-state index < -0.39 is 0 Å². The third-order valence-corrected chi connectivity index (χ3v) is 4.93. The van der Waals surface area contributed by atoms with Crippen LogP contribution >= 0.6 is 0 Å². The maximum absolute atomic E-state index is 4.98. The standard InChI is InChI=1S/C19H29N3/c1-19(2,3)18-16(12-14-8-6-5-7-9-14)22-11-10-15(20-4)13-17(22)21-18/h10-11,13-14,20H,5-9,12H2,1-4H3. The van der Waals surface area contributed by atoms with Gasteiger partial charge in [0, 0.05) is 36.1 Å². The van der Waals surface area contributed by atoms with Gasteiger partial charge < -0.3 is 9.72 Å². The van der Waals surface area contributed by atoms with E-state index in [1.54, 1.807) is 0 Å². The quantitative estimate of drug-likeness (QED) is 0.882. The van der Waals surface area contributed by atoms with Gasteiger partial charge in [-0.2, -0.15) is 0 Å². The van der Waals surface area contributed by atoms with Crippen LogP contribution in [0.4, 0.5) is 5.69 Å². The van der Waals surface area contributed by atoms with Gasteiger partial charge in [-0.25, -0.2) is 4.98 Å². The van der Waals surface area contributed by atoms with Crippen molar-refractivity contribution < 1.29 is 0 Å². The number of nitrogens with one attached hydrogen (secondary N) is 1. The summed E-state index contributed by atoms with van der Waals surface area (Å²) in [5.74, 6) is 0.832. The molecule has 0 atom stereocenters. The van der Waals surface area contributed by atoms with E-state index in [0.717, 1.165) is 17.3 Å². The zero-order chi connectivity index (χ0) is 15.7. The van der Waals surface area contributed by atoms with Crippen LogP contribution in [-0.4, -0.2) is 16.4 Å². The maximum Gasteiger partial charge on any atom is 0.139 e. The largest absolute Gasteiger partial charge is 0.388 e. The Labute approximate surface area is 134 Å². The number of aromatic nitrogens is 2. The first-order valence-electron chi connectivity index (χ1n) is 8.68. The molecule has 0 amide bonds. The van der Waals surface area contributed by atoms with E-state index in [1.807, 2.05) is 7.05 Å². The zero-order valence-corrected chi connectivity index (χ0v) is 14.4. The number of rotatable bonds is 3. The summed E-state index contributed by atoms with van der Waals surface area (Å²) < 4.78 is 2.32. The molecule has 0 unspecified atom stereocenters. The summed E-state index contributed by atoms with van der Waals surface area (Å²) in [6, 6.07) is 4.30. The Morgan fingerprint density at radius 3 is 2.59 bits per heavy atom. The van der Waals surface area contributed by atoms with Crippen LogP contribution in [0.5, 0.6) is 0 Å². The summed E-state index contributed by atoms with van der Waals surface area (Å²) >= 11 is 0. The van der Waals surface area contributed by atoms with Gasteiger partial charge in [0.2, 0.25) is 0 Å². The second-order valence-corrected chi connectivity index (χ2v) is 7.76. The maximum atomic E-state index is 4.98. The molecular weight excluding hydrogens is 270 g/mol. The first-order chi connectivity index (χ1) is 10.5. The fourth-order valence-electron chi connectivity index (χ4n) is 3.71. The third kappa shape index (κ3) is 2.99. The van der Waals surface area contributed by atoms with E-state index in [9.17, 15) is 0 Å². The molecule has 1 fully saturated rings. The highest BCUT2D eigenvalue weighted by atomic mass is 15.0. The Balaban J connectivity index is 2.04. The number of hydrogen-bond donors (Lipinski definition) is 1. The highest BCUT2D eigenvalue weighted by Gasteiger charge is 2.26. The minimum absolute atomic E-state index is 0.0931. The number of anilines is 1. The highest BCUT2D eigenvalue weighted by Crippen LogP contribution is 2.32. The van der Waals surface area contributed by atoms with Crippen molar-refractivity contribution in [3.63, 3.8) is 0 Å². The molecule has 2 aromatic heterocycles. The highest BCUT2D eigenvalue weighted by molar-refractivity contribution is 5.56. The van der Waals surface area contributed by atoms with Gasteiger partial charge in [-0.15, -0.1) is 0 Å². The summed E-state index contributed by atoms with van der Waals surface area (Å²) in [5.41, 5.74) is 4.99. The van der Waals surface area contributed by atoms with Gasteiger partial charge in [-0.1, -0.05) is 52.9 Å². The number of pyridine rings is 1. The smallest absolute Gasteiger partial charge is 0.139 e. The van der Waals surface area contributed by atoms with Gasteiger partial charge in [0.25, 0.3) is 0 Å². The van der Waals surface area contributed by atoms with Crippen molar-refractivity contribution in [1.29, 1.82) is 0 Å². The van der Waals surface area contributed by atoms with E-state index in [-0.39, 0.29) is 5.41 Å². The summed E-state index contributed by atoms with van der Waals surface area (Å²) in [7, 11) is 1.96. The second kappa shape index (κ2) is 5.94. The third-order valence-electron chi connectivity index (χ3n) is 4.93. The molecule has 3 heteroatoms. The van der Waals surface area contributed by atoms with Gasteiger partial charge in [0.1, 0.15) is 5.65 Å². The molecule has 0 saturated heterocycles. The van der Waals surface area contributed by atoms with Crippen molar-refractivity contribution >= 4 is 11.3 Å². The van der Waals surface area contributed by atoms with E-state index in [0.29, 0.717) is 0 Å². The Hall–Kier alpha value is -1.51.